The van der Waals surface area contributed by atoms with Gasteiger partial charge in [0.05, 0.1) is 0 Å². The van der Waals surface area contributed by atoms with Gasteiger partial charge < -0.3 is 0 Å². The zero-order chi connectivity index (χ0) is 11.5. The number of rotatable bonds is 3. The molecular formula is C7H5BrClF2N3O. The summed E-state index contributed by atoms with van der Waals surface area (Å²) >= 11 is 7.60. The minimum Gasteiger partial charge on any atom is -0.282 e. The van der Waals surface area contributed by atoms with E-state index in [1.165, 1.54) is 12.3 Å². The van der Waals surface area contributed by atoms with Crippen LogP contribution in [0.15, 0.2) is 22.8 Å². The van der Waals surface area contributed by atoms with Crippen molar-refractivity contribution in [2.45, 2.75) is 5.38 Å². The van der Waals surface area contributed by atoms with Gasteiger partial charge in [-0.1, -0.05) is 0 Å². The number of hydrogen-bond acceptors (Lipinski definition) is 3. The molecule has 0 aliphatic rings. The van der Waals surface area contributed by atoms with Crippen molar-refractivity contribution < 1.29 is 13.6 Å². The third-order valence-corrected chi connectivity index (χ3v) is 1.93. The summed E-state index contributed by atoms with van der Waals surface area (Å²) in [6.07, 6.45) is 1.44. The number of carbonyl (C=O) groups excluding carboxylic acids is 1. The van der Waals surface area contributed by atoms with E-state index in [-0.39, 0.29) is 5.82 Å². The van der Waals surface area contributed by atoms with Crippen LogP contribution >= 0.6 is 27.5 Å². The summed E-state index contributed by atoms with van der Waals surface area (Å²) in [5.74, 6) is -1.43. The summed E-state index contributed by atoms with van der Waals surface area (Å²) in [5.41, 5.74) is 3.89. The largest absolute Gasteiger partial charge is 0.401 e. The van der Waals surface area contributed by atoms with Crippen LogP contribution in [-0.4, -0.2) is 16.3 Å². The third kappa shape index (κ3) is 3.96. The predicted octanol–water partition coefficient (Wildman–Crippen LogP) is 2.12. The fourth-order valence-corrected chi connectivity index (χ4v) is 0.923. The van der Waals surface area contributed by atoms with Crippen molar-refractivity contribution in [3.05, 3.63) is 22.8 Å². The van der Waals surface area contributed by atoms with Crippen LogP contribution in [0.4, 0.5) is 14.6 Å². The number of nitrogens with zero attached hydrogens (tertiary/aromatic N) is 1. The molecule has 2 N–H and O–H groups in total. The molecule has 0 spiro atoms. The molecule has 1 amide bonds. The molecular weight excluding hydrogens is 295 g/mol. The molecule has 4 nitrogen and oxygen atoms in total. The minimum atomic E-state index is -3.94. The highest BCUT2D eigenvalue weighted by Crippen LogP contribution is 2.18. The van der Waals surface area contributed by atoms with E-state index in [2.05, 4.69) is 37.9 Å². The molecule has 1 aromatic heterocycles. The van der Waals surface area contributed by atoms with E-state index in [9.17, 15) is 13.6 Å². The molecule has 0 radical (unpaired) electrons. The van der Waals surface area contributed by atoms with Gasteiger partial charge in [0.15, 0.2) is 0 Å². The van der Waals surface area contributed by atoms with Gasteiger partial charge in [0.2, 0.25) is 0 Å². The number of anilines is 1. The maximum Gasteiger partial charge on any atom is 0.401 e. The van der Waals surface area contributed by atoms with E-state index in [0.717, 1.165) is 4.47 Å². The molecule has 0 saturated carbocycles. The van der Waals surface area contributed by atoms with Gasteiger partial charge in [0.1, 0.15) is 5.82 Å². The monoisotopic (exact) mass is 299 g/mol. The first-order valence-electron chi connectivity index (χ1n) is 3.64. The minimum absolute atomic E-state index is 0.215. The second kappa shape index (κ2) is 4.71. The summed E-state index contributed by atoms with van der Waals surface area (Å²) in [7, 11) is 0. The lowest BCUT2D eigenvalue weighted by atomic mass is 10.5. The topological polar surface area (TPSA) is 54.0 Å². The number of hydrazine groups is 1. The molecule has 0 fully saturated rings. The Balaban J connectivity index is 2.51. The summed E-state index contributed by atoms with van der Waals surface area (Å²) in [6, 6.07) is 3.11. The van der Waals surface area contributed by atoms with Gasteiger partial charge in [-0.25, -0.2) is 4.98 Å². The van der Waals surface area contributed by atoms with E-state index >= 15 is 0 Å². The Morgan fingerprint density at radius 2 is 2.20 bits per heavy atom. The Morgan fingerprint density at radius 3 is 2.67 bits per heavy atom. The molecule has 0 aliphatic heterocycles. The normalized spacial score (nSPS) is 10.9. The second-order valence-electron chi connectivity index (χ2n) is 2.44. The van der Waals surface area contributed by atoms with Crippen LogP contribution in [0.3, 0.4) is 0 Å². The Bertz CT molecular complexity index is 354. The van der Waals surface area contributed by atoms with Crippen molar-refractivity contribution in [2.75, 3.05) is 5.43 Å². The zero-order valence-electron chi connectivity index (χ0n) is 7.10. The van der Waals surface area contributed by atoms with Crippen molar-refractivity contribution in [1.29, 1.82) is 0 Å². The Kier molecular flexibility index (Phi) is 3.81. The van der Waals surface area contributed by atoms with Crippen molar-refractivity contribution in [1.82, 2.24) is 10.4 Å². The average molecular weight is 300 g/mol. The van der Waals surface area contributed by atoms with E-state index in [0.29, 0.717) is 0 Å². The van der Waals surface area contributed by atoms with Gasteiger partial charge in [-0.3, -0.25) is 15.6 Å². The van der Waals surface area contributed by atoms with Gasteiger partial charge in [-0.05, 0) is 39.7 Å². The zero-order valence-corrected chi connectivity index (χ0v) is 9.44. The third-order valence-electron chi connectivity index (χ3n) is 1.29. The van der Waals surface area contributed by atoms with Crippen molar-refractivity contribution >= 4 is 39.3 Å². The van der Waals surface area contributed by atoms with E-state index in [1.807, 2.05) is 0 Å². The first kappa shape index (κ1) is 12.1. The summed E-state index contributed by atoms with van der Waals surface area (Å²) in [5, 5.41) is -3.94. The number of carbonyl (C=O) groups is 1. The number of hydrogen-bond donors (Lipinski definition) is 2. The number of aromatic nitrogens is 1. The van der Waals surface area contributed by atoms with Gasteiger partial charge >= 0.3 is 11.3 Å². The Morgan fingerprint density at radius 1 is 1.53 bits per heavy atom. The SMILES string of the molecule is O=C(NNc1ccc(Br)cn1)C(F)(F)Cl. The fraction of sp³-hybridized carbons (Fsp3) is 0.143. The average Bonchev–Trinajstić information content (AvgIpc) is 2.15. The molecule has 0 aromatic carbocycles. The highest BCUT2D eigenvalue weighted by molar-refractivity contribution is 9.10. The first-order chi connectivity index (χ1) is 6.89. The fourth-order valence-electron chi connectivity index (χ4n) is 0.641. The molecule has 0 unspecified atom stereocenters. The molecule has 15 heavy (non-hydrogen) atoms. The molecule has 1 aromatic rings. The lowest BCUT2D eigenvalue weighted by Gasteiger charge is -2.10. The van der Waals surface area contributed by atoms with Crippen molar-refractivity contribution in [2.24, 2.45) is 0 Å². The number of amides is 1. The second-order valence-corrected chi connectivity index (χ2v) is 3.83. The van der Waals surface area contributed by atoms with Gasteiger partial charge in [-0.15, -0.1) is 0 Å². The molecule has 8 heteroatoms. The quantitative estimate of drug-likeness (QED) is 0.664. The van der Waals surface area contributed by atoms with Crippen LogP contribution in [-0.2, 0) is 4.79 Å². The van der Waals surface area contributed by atoms with Crippen LogP contribution in [0.2, 0.25) is 0 Å². The van der Waals surface area contributed by atoms with E-state index in [1.54, 1.807) is 11.5 Å². The molecule has 0 aliphatic carbocycles. The molecule has 1 rings (SSSR count). The highest BCUT2D eigenvalue weighted by Gasteiger charge is 2.35. The van der Waals surface area contributed by atoms with Crippen LogP contribution in [0, 0.1) is 0 Å². The Hall–Kier alpha value is -0.950. The molecule has 0 bridgehead atoms. The van der Waals surface area contributed by atoms with Crippen LogP contribution in [0.25, 0.3) is 0 Å². The lowest BCUT2D eigenvalue weighted by Crippen LogP contribution is -2.39. The molecule has 0 saturated heterocycles. The highest BCUT2D eigenvalue weighted by atomic mass is 79.9. The van der Waals surface area contributed by atoms with Crippen molar-refractivity contribution in [3.8, 4) is 0 Å². The molecule has 82 valence electrons. The van der Waals surface area contributed by atoms with Crippen molar-refractivity contribution in [3.63, 3.8) is 0 Å². The first-order valence-corrected chi connectivity index (χ1v) is 4.81. The van der Waals surface area contributed by atoms with E-state index in [4.69, 9.17) is 0 Å². The standard InChI is InChI=1S/C7H5BrClF2N3O/c8-4-1-2-5(12-3-4)13-14-6(15)7(9,10)11/h1-3H,(H,12,13)(H,14,15). The number of nitrogens with one attached hydrogen (secondary N) is 2. The molecule has 0 atom stereocenters. The smallest absolute Gasteiger partial charge is 0.282 e. The Labute approximate surface area is 97.1 Å². The van der Waals surface area contributed by atoms with Gasteiger partial charge in [0.25, 0.3) is 0 Å². The summed E-state index contributed by atoms with van der Waals surface area (Å²) < 4.78 is 25.1. The van der Waals surface area contributed by atoms with Gasteiger partial charge in [0, 0.05) is 10.7 Å². The van der Waals surface area contributed by atoms with Gasteiger partial charge in [-0.2, -0.15) is 8.78 Å². The lowest BCUT2D eigenvalue weighted by molar-refractivity contribution is -0.135. The maximum absolute atomic E-state index is 12.2. The van der Waals surface area contributed by atoms with Crippen LogP contribution < -0.4 is 10.9 Å². The maximum atomic E-state index is 12.2. The number of pyridine rings is 1. The van der Waals surface area contributed by atoms with Crippen LogP contribution in [0.5, 0.6) is 0 Å². The molecule has 1 heterocycles. The predicted molar refractivity (Wildman–Crippen MR) is 54.5 cm³/mol. The number of alkyl halides is 3. The number of halogens is 4. The van der Waals surface area contributed by atoms with Crippen LogP contribution in [0.1, 0.15) is 0 Å². The summed E-state index contributed by atoms with van der Waals surface area (Å²) in [6.45, 7) is 0. The van der Waals surface area contributed by atoms with E-state index < -0.39 is 11.3 Å². The summed E-state index contributed by atoms with van der Waals surface area (Å²) in [4.78, 5) is 14.4.